The summed E-state index contributed by atoms with van der Waals surface area (Å²) in [4.78, 5) is 25.4. The predicted molar refractivity (Wildman–Crippen MR) is 90.4 cm³/mol. The number of carbonyl (C=O) groups is 2. The lowest BCUT2D eigenvalue weighted by Crippen LogP contribution is -2.46. The van der Waals surface area contributed by atoms with Gasteiger partial charge in [0.2, 0.25) is 5.91 Å². The fourth-order valence-corrected chi connectivity index (χ4v) is 5.69. The zero-order valence-corrected chi connectivity index (χ0v) is 15.4. The molecule has 0 bridgehead atoms. The molecule has 1 aromatic rings. The summed E-state index contributed by atoms with van der Waals surface area (Å²) in [6.07, 6.45) is 1.12. The molecular weight excluding hydrogens is 352 g/mol. The second-order valence-corrected chi connectivity index (χ2v) is 9.42. The summed E-state index contributed by atoms with van der Waals surface area (Å²) < 4.78 is 27.0. The summed E-state index contributed by atoms with van der Waals surface area (Å²) in [5.74, 6) is -1.58. The molecule has 2 rings (SSSR count). The fraction of sp³-hybridized carbons (Fsp3) is 0.600. The Balaban J connectivity index is 2.06. The first-order valence-corrected chi connectivity index (χ1v) is 10.0. The number of thiophene rings is 1. The molecule has 1 aliphatic rings. The van der Waals surface area contributed by atoms with Crippen LogP contribution >= 0.6 is 11.3 Å². The summed E-state index contributed by atoms with van der Waals surface area (Å²) in [5, 5.41) is 8.71. The largest absolute Gasteiger partial charge is 0.481 e. The Labute approximate surface area is 145 Å². The van der Waals surface area contributed by atoms with Crippen LogP contribution in [0.25, 0.3) is 0 Å². The van der Waals surface area contributed by atoms with Crippen molar-refractivity contribution in [3.8, 4) is 0 Å². The number of amides is 1. The molecule has 7 nitrogen and oxygen atoms in total. The molecule has 24 heavy (non-hydrogen) atoms. The molecule has 1 aromatic heterocycles. The highest BCUT2D eigenvalue weighted by molar-refractivity contribution is 7.91. The van der Waals surface area contributed by atoms with Crippen molar-refractivity contribution in [3.63, 3.8) is 0 Å². The molecule has 0 aliphatic carbocycles. The van der Waals surface area contributed by atoms with Crippen LogP contribution in [0.5, 0.6) is 0 Å². The van der Waals surface area contributed by atoms with E-state index in [1.54, 1.807) is 19.2 Å². The van der Waals surface area contributed by atoms with E-state index in [2.05, 4.69) is 0 Å². The van der Waals surface area contributed by atoms with Crippen molar-refractivity contribution >= 4 is 33.2 Å². The molecule has 1 amide bonds. The van der Waals surface area contributed by atoms with Crippen LogP contribution in [0.1, 0.15) is 24.1 Å². The van der Waals surface area contributed by atoms with Gasteiger partial charge in [-0.25, -0.2) is 8.42 Å². The SMILES string of the molecule is Cc1ccc(S(=O)(=O)N2CCCC(C(=O)N(C)CCC(=O)O)C2)s1. The zero-order valence-electron chi connectivity index (χ0n) is 13.8. The fourth-order valence-electron chi connectivity index (χ4n) is 2.73. The van der Waals surface area contributed by atoms with Gasteiger partial charge in [-0.05, 0) is 31.9 Å². The van der Waals surface area contributed by atoms with Crippen molar-refractivity contribution in [1.82, 2.24) is 9.21 Å². The molecule has 0 saturated carbocycles. The Morgan fingerprint density at radius 3 is 2.71 bits per heavy atom. The van der Waals surface area contributed by atoms with Gasteiger partial charge in [-0.15, -0.1) is 11.3 Å². The molecule has 0 radical (unpaired) electrons. The monoisotopic (exact) mass is 374 g/mol. The maximum absolute atomic E-state index is 12.7. The highest BCUT2D eigenvalue weighted by atomic mass is 32.2. The molecular formula is C15H22N2O5S2. The number of carboxylic acid groups (broad SMARTS) is 1. The van der Waals surface area contributed by atoms with Gasteiger partial charge in [0, 0.05) is 31.6 Å². The summed E-state index contributed by atoms with van der Waals surface area (Å²) in [6, 6.07) is 3.36. The first-order valence-electron chi connectivity index (χ1n) is 7.75. The zero-order chi connectivity index (χ0) is 17.9. The maximum Gasteiger partial charge on any atom is 0.305 e. The van der Waals surface area contributed by atoms with E-state index in [1.807, 2.05) is 6.92 Å². The Bertz CT molecular complexity index is 713. The number of carboxylic acids is 1. The highest BCUT2D eigenvalue weighted by Gasteiger charge is 2.35. The lowest BCUT2D eigenvalue weighted by molar-refractivity contribution is -0.139. The molecule has 1 aliphatic heterocycles. The van der Waals surface area contributed by atoms with Gasteiger partial charge in [0.25, 0.3) is 10.0 Å². The van der Waals surface area contributed by atoms with E-state index < -0.39 is 21.9 Å². The van der Waals surface area contributed by atoms with Crippen LogP contribution in [-0.4, -0.2) is 61.3 Å². The number of aliphatic carboxylic acids is 1. The number of hydrogen-bond acceptors (Lipinski definition) is 5. The van der Waals surface area contributed by atoms with E-state index in [-0.39, 0.29) is 25.4 Å². The van der Waals surface area contributed by atoms with Crippen molar-refractivity contribution in [1.29, 1.82) is 0 Å². The Morgan fingerprint density at radius 1 is 1.42 bits per heavy atom. The molecule has 9 heteroatoms. The lowest BCUT2D eigenvalue weighted by Gasteiger charge is -2.32. The minimum absolute atomic E-state index is 0.120. The van der Waals surface area contributed by atoms with Crippen LogP contribution in [0.2, 0.25) is 0 Å². The Kier molecular flexibility index (Phi) is 6.00. The molecule has 1 unspecified atom stereocenters. The molecule has 1 N–H and O–H groups in total. The second-order valence-electron chi connectivity index (χ2n) is 5.97. The number of nitrogens with zero attached hydrogens (tertiary/aromatic N) is 2. The van der Waals surface area contributed by atoms with Gasteiger partial charge in [-0.1, -0.05) is 0 Å². The van der Waals surface area contributed by atoms with Crippen molar-refractivity contribution in [3.05, 3.63) is 17.0 Å². The van der Waals surface area contributed by atoms with Gasteiger partial charge in [-0.3, -0.25) is 9.59 Å². The average Bonchev–Trinajstić information content (AvgIpc) is 2.99. The van der Waals surface area contributed by atoms with Gasteiger partial charge < -0.3 is 10.0 Å². The smallest absolute Gasteiger partial charge is 0.305 e. The number of carbonyl (C=O) groups excluding carboxylic acids is 1. The van der Waals surface area contributed by atoms with Crippen LogP contribution in [-0.2, 0) is 19.6 Å². The van der Waals surface area contributed by atoms with E-state index in [9.17, 15) is 18.0 Å². The minimum Gasteiger partial charge on any atom is -0.481 e. The van der Waals surface area contributed by atoms with Gasteiger partial charge in [0.05, 0.1) is 12.3 Å². The van der Waals surface area contributed by atoms with Crippen LogP contribution in [0.3, 0.4) is 0 Å². The van der Waals surface area contributed by atoms with Gasteiger partial charge in [0.15, 0.2) is 0 Å². The molecule has 1 saturated heterocycles. The number of hydrogen-bond donors (Lipinski definition) is 1. The van der Waals surface area contributed by atoms with E-state index in [0.29, 0.717) is 23.6 Å². The van der Waals surface area contributed by atoms with Gasteiger partial charge in [0.1, 0.15) is 4.21 Å². The van der Waals surface area contributed by atoms with Crippen LogP contribution in [0, 0.1) is 12.8 Å². The maximum atomic E-state index is 12.7. The highest BCUT2D eigenvalue weighted by Crippen LogP contribution is 2.28. The molecule has 134 valence electrons. The summed E-state index contributed by atoms with van der Waals surface area (Å²) >= 11 is 1.23. The molecule has 0 aromatic carbocycles. The van der Waals surface area contributed by atoms with Crippen LogP contribution < -0.4 is 0 Å². The third kappa shape index (κ3) is 4.34. The summed E-state index contributed by atoms with van der Waals surface area (Å²) in [6.45, 7) is 2.53. The summed E-state index contributed by atoms with van der Waals surface area (Å²) in [5.41, 5.74) is 0. The van der Waals surface area contributed by atoms with E-state index in [4.69, 9.17) is 5.11 Å². The second kappa shape index (κ2) is 7.62. The average molecular weight is 374 g/mol. The van der Waals surface area contributed by atoms with Gasteiger partial charge >= 0.3 is 5.97 Å². The van der Waals surface area contributed by atoms with E-state index in [0.717, 1.165) is 4.88 Å². The molecule has 2 heterocycles. The summed E-state index contributed by atoms with van der Waals surface area (Å²) in [7, 11) is -2.02. The number of sulfonamides is 1. The third-order valence-corrected chi connectivity index (χ3v) is 7.41. The first-order chi connectivity index (χ1) is 11.2. The van der Waals surface area contributed by atoms with Crippen molar-refractivity contribution < 1.29 is 23.1 Å². The number of aryl methyl sites for hydroxylation is 1. The minimum atomic E-state index is -3.57. The van der Waals surface area contributed by atoms with Crippen LogP contribution in [0.4, 0.5) is 0 Å². The normalized spacial score (nSPS) is 19.2. The number of rotatable bonds is 6. The lowest BCUT2D eigenvalue weighted by atomic mass is 9.98. The standard InChI is InChI=1S/C15H22N2O5S2/c1-11-5-6-14(23-11)24(21,22)17-8-3-4-12(10-17)15(20)16(2)9-7-13(18)19/h5-6,12H,3-4,7-10H2,1-2H3,(H,18,19). The first kappa shape index (κ1) is 18.9. The van der Waals surface area contributed by atoms with Crippen molar-refractivity contribution in [2.75, 3.05) is 26.7 Å². The molecule has 1 fully saturated rings. The third-order valence-electron chi connectivity index (χ3n) is 4.08. The van der Waals surface area contributed by atoms with Gasteiger partial charge in [-0.2, -0.15) is 4.31 Å². The van der Waals surface area contributed by atoms with Crippen LogP contribution in [0.15, 0.2) is 16.3 Å². The number of piperidine rings is 1. The molecule has 0 spiro atoms. The Morgan fingerprint density at radius 2 is 2.12 bits per heavy atom. The quantitative estimate of drug-likeness (QED) is 0.812. The van der Waals surface area contributed by atoms with Crippen molar-refractivity contribution in [2.24, 2.45) is 5.92 Å². The predicted octanol–water partition coefficient (Wildman–Crippen LogP) is 1.39. The molecule has 1 atom stereocenters. The topological polar surface area (TPSA) is 95.0 Å². The van der Waals surface area contributed by atoms with Crippen molar-refractivity contribution in [2.45, 2.75) is 30.4 Å². The van der Waals surface area contributed by atoms with E-state index >= 15 is 0 Å². The Hall–Kier alpha value is -1.45. The van der Waals surface area contributed by atoms with E-state index in [1.165, 1.54) is 20.5 Å².